The first-order valence-electron chi connectivity index (χ1n) is 6.63. The molecule has 0 fully saturated rings. The number of hydrogen-bond acceptors (Lipinski definition) is 1. The number of hydrogen-bond donors (Lipinski definition) is 0. The molecule has 20 heavy (non-hydrogen) atoms. The van der Waals surface area contributed by atoms with Crippen LogP contribution >= 0.6 is 0 Å². The van der Waals surface area contributed by atoms with Crippen molar-refractivity contribution in [1.82, 2.24) is 0 Å². The van der Waals surface area contributed by atoms with Gasteiger partial charge in [-0.1, -0.05) is 72.8 Å². The molecule has 2 aromatic carbocycles. The van der Waals surface area contributed by atoms with E-state index in [9.17, 15) is 4.79 Å². The largest absolute Gasteiger partial charge is 0.289 e. The Kier molecular flexibility index (Phi) is 4.31. The van der Waals surface area contributed by atoms with Crippen molar-refractivity contribution >= 4 is 5.78 Å². The zero-order valence-corrected chi connectivity index (χ0v) is 11.6. The standard InChI is InChI=1S/C19H18O/c1-3-19(2,17-12-8-5-9-13-17)15-14-18(20)16-10-6-4-7-11-16/h3-15H,1H2,2H3/b15-14+. The van der Waals surface area contributed by atoms with Gasteiger partial charge in [-0.05, 0) is 18.6 Å². The van der Waals surface area contributed by atoms with E-state index in [4.69, 9.17) is 0 Å². The van der Waals surface area contributed by atoms with Gasteiger partial charge in [-0.3, -0.25) is 4.79 Å². The average molecular weight is 262 g/mol. The van der Waals surface area contributed by atoms with E-state index in [-0.39, 0.29) is 11.2 Å². The van der Waals surface area contributed by atoms with Gasteiger partial charge in [0.2, 0.25) is 0 Å². The second-order valence-corrected chi connectivity index (χ2v) is 4.92. The summed E-state index contributed by atoms with van der Waals surface area (Å²) in [5, 5.41) is 0. The van der Waals surface area contributed by atoms with Gasteiger partial charge in [-0.15, -0.1) is 6.58 Å². The molecule has 0 aliphatic carbocycles. The van der Waals surface area contributed by atoms with Crippen LogP contribution in [0.4, 0.5) is 0 Å². The van der Waals surface area contributed by atoms with Crippen LogP contribution in [0.25, 0.3) is 0 Å². The minimum Gasteiger partial charge on any atom is -0.289 e. The Morgan fingerprint density at radius 3 is 2.10 bits per heavy atom. The molecular formula is C19H18O. The van der Waals surface area contributed by atoms with Gasteiger partial charge in [0.15, 0.2) is 5.78 Å². The SMILES string of the molecule is C=CC(C)(/C=C/C(=O)c1ccccc1)c1ccccc1. The molecule has 0 heterocycles. The van der Waals surface area contributed by atoms with Crippen LogP contribution in [0.2, 0.25) is 0 Å². The monoisotopic (exact) mass is 262 g/mol. The Morgan fingerprint density at radius 2 is 1.55 bits per heavy atom. The Hall–Kier alpha value is -2.41. The molecule has 2 rings (SSSR count). The lowest BCUT2D eigenvalue weighted by Gasteiger charge is -2.22. The number of allylic oxidation sites excluding steroid dienone is 3. The zero-order valence-electron chi connectivity index (χ0n) is 11.6. The molecule has 0 saturated heterocycles. The van der Waals surface area contributed by atoms with Crippen LogP contribution < -0.4 is 0 Å². The van der Waals surface area contributed by atoms with Gasteiger partial charge in [0.1, 0.15) is 0 Å². The smallest absolute Gasteiger partial charge is 0.185 e. The number of benzene rings is 2. The first kappa shape index (κ1) is 14.0. The summed E-state index contributed by atoms with van der Waals surface area (Å²) < 4.78 is 0. The molecule has 0 saturated carbocycles. The topological polar surface area (TPSA) is 17.1 Å². The number of rotatable bonds is 5. The highest BCUT2D eigenvalue weighted by Gasteiger charge is 2.19. The van der Waals surface area contributed by atoms with Crippen LogP contribution in [0.1, 0.15) is 22.8 Å². The summed E-state index contributed by atoms with van der Waals surface area (Å²) >= 11 is 0. The summed E-state index contributed by atoms with van der Waals surface area (Å²) in [7, 11) is 0. The van der Waals surface area contributed by atoms with Crippen LogP contribution in [-0.2, 0) is 5.41 Å². The summed E-state index contributed by atoms with van der Waals surface area (Å²) in [6.07, 6.45) is 5.39. The van der Waals surface area contributed by atoms with E-state index in [0.29, 0.717) is 5.56 Å². The lowest BCUT2D eigenvalue weighted by molar-refractivity contribution is 0.104. The van der Waals surface area contributed by atoms with Gasteiger partial charge >= 0.3 is 0 Å². The predicted molar refractivity (Wildman–Crippen MR) is 83.9 cm³/mol. The lowest BCUT2D eigenvalue weighted by Crippen LogP contribution is -2.15. The third kappa shape index (κ3) is 3.12. The Labute approximate surface area is 120 Å². The summed E-state index contributed by atoms with van der Waals surface area (Å²) in [5.74, 6) is 0.00889. The van der Waals surface area contributed by atoms with E-state index in [1.54, 1.807) is 6.08 Å². The van der Waals surface area contributed by atoms with E-state index in [1.165, 1.54) is 0 Å². The van der Waals surface area contributed by atoms with Crippen molar-refractivity contribution < 1.29 is 4.79 Å². The molecule has 0 aliphatic rings. The van der Waals surface area contributed by atoms with Crippen molar-refractivity contribution in [3.05, 3.63) is 96.6 Å². The van der Waals surface area contributed by atoms with Gasteiger partial charge in [0.05, 0.1) is 0 Å². The number of carbonyl (C=O) groups excluding carboxylic acids is 1. The highest BCUT2D eigenvalue weighted by atomic mass is 16.1. The maximum Gasteiger partial charge on any atom is 0.185 e. The molecule has 0 bridgehead atoms. The van der Waals surface area contributed by atoms with E-state index in [1.807, 2.05) is 79.7 Å². The van der Waals surface area contributed by atoms with Gasteiger partial charge < -0.3 is 0 Å². The first-order valence-corrected chi connectivity index (χ1v) is 6.63. The van der Waals surface area contributed by atoms with Crippen molar-refractivity contribution in [2.24, 2.45) is 0 Å². The summed E-state index contributed by atoms with van der Waals surface area (Å²) in [6.45, 7) is 5.94. The maximum absolute atomic E-state index is 12.1. The molecule has 0 aliphatic heterocycles. The highest BCUT2D eigenvalue weighted by molar-refractivity contribution is 6.04. The first-order chi connectivity index (χ1) is 9.65. The minimum atomic E-state index is -0.342. The molecule has 1 nitrogen and oxygen atoms in total. The van der Waals surface area contributed by atoms with Crippen LogP contribution in [0.15, 0.2) is 85.5 Å². The normalized spacial score (nSPS) is 13.8. The van der Waals surface area contributed by atoms with E-state index >= 15 is 0 Å². The number of ketones is 1. The maximum atomic E-state index is 12.1. The van der Waals surface area contributed by atoms with Crippen molar-refractivity contribution in [2.75, 3.05) is 0 Å². The molecule has 0 amide bonds. The molecule has 0 spiro atoms. The van der Waals surface area contributed by atoms with Crippen molar-refractivity contribution in [3.8, 4) is 0 Å². The molecule has 1 heteroatoms. The zero-order chi connectivity index (χ0) is 14.4. The van der Waals surface area contributed by atoms with Gasteiger partial charge in [-0.2, -0.15) is 0 Å². The second-order valence-electron chi connectivity index (χ2n) is 4.92. The van der Waals surface area contributed by atoms with Gasteiger partial charge in [-0.25, -0.2) is 0 Å². The number of carbonyl (C=O) groups is 1. The third-order valence-electron chi connectivity index (χ3n) is 3.46. The molecule has 0 aromatic heterocycles. The summed E-state index contributed by atoms with van der Waals surface area (Å²) in [4.78, 5) is 12.1. The van der Waals surface area contributed by atoms with Crippen LogP contribution in [-0.4, -0.2) is 5.78 Å². The lowest BCUT2D eigenvalue weighted by atomic mass is 9.82. The molecule has 1 unspecified atom stereocenters. The van der Waals surface area contributed by atoms with Crippen molar-refractivity contribution in [2.45, 2.75) is 12.3 Å². The average Bonchev–Trinajstić information content (AvgIpc) is 2.54. The molecule has 2 aromatic rings. The van der Waals surface area contributed by atoms with Crippen LogP contribution in [0.3, 0.4) is 0 Å². The summed E-state index contributed by atoms with van der Waals surface area (Å²) in [5.41, 5.74) is 1.47. The third-order valence-corrected chi connectivity index (χ3v) is 3.46. The van der Waals surface area contributed by atoms with Crippen molar-refractivity contribution in [1.29, 1.82) is 0 Å². The highest BCUT2D eigenvalue weighted by Crippen LogP contribution is 2.26. The van der Waals surface area contributed by atoms with E-state index < -0.39 is 0 Å². The predicted octanol–water partition coefficient (Wildman–Crippen LogP) is 4.57. The van der Waals surface area contributed by atoms with E-state index in [2.05, 4.69) is 6.58 Å². The Balaban J connectivity index is 2.24. The van der Waals surface area contributed by atoms with E-state index in [0.717, 1.165) is 5.56 Å². The van der Waals surface area contributed by atoms with Crippen LogP contribution in [0, 0.1) is 0 Å². The van der Waals surface area contributed by atoms with Crippen LogP contribution in [0.5, 0.6) is 0 Å². The Bertz CT molecular complexity index is 611. The molecule has 0 N–H and O–H groups in total. The van der Waals surface area contributed by atoms with Gasteiger partial charge in [0.25, 0.3) is 0 Å². The quantitative estimate of drug-likeness (QED) is 0.438. The molecular weight excluding hydrogens is 244 g/mol. The second kappa shape index (κ2) is 6.16. The molecule has 1 atom stereocenters. The molecule has 0 radical (unpaired) electrons. The van der Waals surface area contributed by atoms with Crippen molar-refractivity contribution in [3.63, 3.8) is 0 Å². The van der Waals surface area contributed by atoms with Gasteiger partial charge in [0, 0.05) is 11.0 Å². The Morgan fingerprint density at radius 1 is 1.00 bits per heavy atom. The fourth-order valence-electron chi connectivity index (χ4n) is 2.03. The fourth-order valence-corrected chi connectivity index (χ4v) is 2.03. The molecule has 100 valence electrons. The summed E-state index contributed by atoms with van der Waals surface area (Å²) in [6, 6.07) is 19.3. The fraction of sp³-hybridized carbons (Fsp3) is 0.105. The minimum absolute atomic E-state index is 0.00889.